The van der Waals surface area contributed by atoms with E-state index in [-0.39, 0.29) is 16.1 Å². The van der Waals surface area contributed by atoms with Gasteiger partial charge in [-0.15, -0.1) is 0 Å². The number of hydrogen-bond acceptors (Lipinski definition) is 4. The third-order valence-corrected chi connectivity index (χ3v) is 5.23. The molecule has 0 atom stereocenters. The van der Waals surface area contributed by atoms with Crippen LogP contribution in [0.3, 0.4) is 0 Å². The predicted octanol–water partition coefficient (Wildman–Crippen LogP) is 2.63. The molecule has 0 bridgehead atoms. The number of nitrogens with one attached hydrogen (secondary N) is 1. The summed E-state index contributed by atoms with van der Waals surface area (Å²) in [6.45, 7) is 6.02. The number of hydrogen-bond donors (Lipinski definition) is 1. The zero-order chi connectivity index (χ0) is 17.5. The lowest BCUT2D eigenvalue weighted by atomic mass is 10.1. The molecule has 1 aliphatic carbocycles. The average molecular weight is 347 g/mol. The topological polar surface area (TPSA) is 81.1 Å². The van der Waals surface area contributed by atoms with Gasteiger partial charge in [-0.1, -0.05) is 18.2 Å². The number of amides is 1. The van der Waals surface area contributed by atoms with E-state index < -0.39 is 15.9 Å². The number of aromatic nitrogens is 2. The van der Waals surface area contributed by atoms with E-state index in [1.807, 2.05) is 25.5 Å². The maximum Gasteiger partial charge on any atom is 0.285 e. The van der Waals surface area contributed by atoms with Crippen LogP contribution < -0.4 is 4.72 Å². The Balaban J connectivity index is 1.88. The zero-order valence-electron chi connectivity index (χ0n) is 14.0. The number of carbonyl (C=O) groups excluding carboxylic acids is 1. The maximum atomic E-state index is 12.4. The van der Waals surface area contributed by atoms with Gasteiger partial charge in [0.05, 0.1) is 10.4 Å². The van der Waals surface area contributed by atoms with Crippen molar-refractivity contribution < 1.29 is 13.2 Å². The van der Waals surface area contributed by atoms with Crippen LogP contribution in [0.2, 0.25) is 0 Å². The highest BCUT2D eigenvalue weighted by Gasteiger charge is 2.33. The van der Waals surface area contributed by atoms with Crippen LogP contribution >= 0.6 is 0 Å². The van der Waals surface area contributed by atoms with Gasteiger partial charge in [-0.25, -0.2) is 13.1 Å². The van der Waals surface area contributed by atoms with Crippen LogP contribution in [0.4, 0.5) is 0 Å². The Morgan fingerprint density at radius 3 is 2.38 bits per heavy atom. The van der Waals surface area contributed by atoms with Crippen LogP contribution in [0.15, 0.2) is 41.3 Å². The average Bonchev–Trinajstić information content (AvgIpc) is 3.24. The summed E-state index contributed by atoms with van der Waals surface area (Å²) in [5.74, 6) is -0.298. The lowest BCUT2D eigenvalue weighted by Gasteiger charge is -2.22. The minimum absolute atomic E-state index is 0.0519. The van der Waals surface area contributed by atoms with Crippen molar-refractivity contribution in [3.63, 3.8) is 0 Å². The molecule has 7 heteroatoms. The Bertz CT molecular complexity index is 860. The lowest BCUT2D eigenvalue weighted by molar-refractivity contribution is 0.0975. The quantitative estimate of drug-likeness (QED) is 0.922. The molecular weight excluding hydrogens is 326 g/mol. The molecule has 6 nitrogen and oxygen atoms in total. The molecule has 0 unspecified atom stereocenters. The second-order valence-electron chi connectivity index (χ2n) is 7.06. The van der Waals surface area contributed by atoms with Crippen LogP contribution in [0.5, 0.6) is 0 Å². The van der Waals surface area contributed by atoms with Crippen molar-refractivity contribution in [3.8, 4) is 0 Å². The summed E-state index contributed by atoms with van der Waals surface area (Å²) in [4.78, 5) is 12.5. The molecule has 1 amide bonds. The van der Waals surface area contributed by atoms with Crippen molar-refractivity contribution in [2.75, 3.05) is 0 Å². The summed E-state index contributed by atoms with van der Waals surface area (Å²) in [5, 5.41) is 4.36. The highest BCUT2D eigenvalue weighted by atomic mass is 32.2. The number of carbonyl (C=O) groups is 1. The smallest absolute Gasteiger partial charge is 0.266 e. The van der Waals surface area contributed by atoms with E-state index in [4.69, 9.17) is 0 Å². The normalized spacial score (nSPS) is 15.3. The number of sulfonamides is 1. The highest BCUT2D eigenvalue weighted by Crippen LogP contribution is 2.41. The van der Waals surface area contributed by atoms with Gasteiger partial charge in [0.25, 0.3) is 15.9 Å². The molecule has 1 aromatic carbocycles. The largest absolute Gasteiger partial charge is 0.285 e. The van der Waals surface area contributed by atoms with Gasteiger partial charge in [0.1, 0.15) is 0 Å². The minimum Gasteiger partial charge on any atom is -0.266 e. The van der Waals surface area contributed by atoms with Crippen LogP contribution in [-0.2, 0) is 15.6 Å². The van der Waals surface area contributed by atoms with Crippen molar-refractivity contribution in [2.45, 2.75) is 50.0 Å². The first-order chi connectivity index (χ1) is 11.2. The standard InChI is InChI=1S/C17H21N3O3S/c1-17(2,3)20-15(12-9-10-12)11-14(18-20)16(21)19-24(22,23)13-7-5-4-6-8-13/h4-8,11-12H,9-10H2,1-3H3,(H,19,21). The SMILES string of the molecule is CC(C)(C)n1nc(C(=O)NS(=O)(=O)c2ccccc2)cc1C1CC1. The summed E-state index contributed by atoms with van der Waals surface area (Å²) in [6.07, 6.45) is 2.15. The molecule has 24 heavy (non-hydrogen) atoms. The summed E-state index contributed by atoms with van der Waals surface area (Å²) in [6, 6.07) is 9.53. The maximum absolute atomic E-state index is 12.4. The van der Waals surface area contributed by atoms with Crippen molar-refractivity contribution >= 4 is 15.9 Å². The van der Waals surface area contributed by atoms with Gasteiger partial charge in [0.2, 0.25) is 0 Å². The molecular formula is C17H21N3O3S. The number of benzene rings is 1. The monoisotopic (exact) mass is 347 g/mol. The molecule has 1 heterocycles. The minimum atomic E-state index is -3.90. The van der Waals surface area contributed by atoms with Gasteiger partial charge in [0.15, 0.2) is 5.69 Å². The third kappa shape index (κ3) is 3.36. The van der Waals surface area contributed by atoms with Crippen LogP contribution in [0.1, 0.15) is 55.7 Å². The van der Waals surface area contributed by atoms with E-state index in [1.54, 1.807) is 24.3 Å². The molecule has 1 fully saturated rings. The first kappa shape index (κ1) is 16.7. The Kier molecular flexibility index (Phi) is 3.99. The first-order valence-electron chi connectivity index (χ1n) is 7.91. The van der Waals surface area contributed by atoms with Gasteiger partial charge >= 0.3 is 0 Å². The second-order valence-corrected chi connectivity index (χ2v) is 8.74. The molecule has 0 saturated heterocycles. The summed E-state index contributed by atoms with van der Waals surface area (Å²) >= 11 is 0. The Morgan fingerprint density at radius 2 is 1.83 bits per heavy atom. The van der Waals surface area contributed by atoms with Crippen molar-refractivity contribution in [2.24, 2.45) is 0 Å². The molecule has 128 valence electrons. The molecule has 1 saturated carbocycles. The fourth-order valence-corrected chi connectivity index (χ4v) is 3.53. The number of rotatable bonds is 4. The van der Waals surface area contributed by atoms with Gasteiger partial charge < -0.3 is 0 Å². The van der Waals surface area contributed by atoms with E-state index in [0.29, 0.717) is 5.92 Å². The number of nitrogens with zero attached hydrogens (tertiary/aromatic N) is 2. The van der Waals surface area contributed by atoms with E-state index in [1.165, 1.54) is 12.1 Å². The molecule has 0 spiro atoms. The van der Waals surface area contributed by atoms with Crippen LogP contribution in [0, 0.1) is 0 Å². The van der Waals surface area contributed by atoms with Crippen molar-refractivity contribution in [1.29, 1.82) is 0 Å². The molecule has 0 radical (unpaired) electrons. The first-order valence-corrected chi connectivity index (χ1v) is 9.39. The molecule has 3 rings (SSSR count). The Labute approximate surface area is 141 Å². The molecule has 0 aliphatic heterocycles. The van der Waals surface area contributed by atoms with Gasteiger partial charge in [-0.05, 0) is 51.8 Å². The molecule has 1 N–H and O–H groups in total. The van der Waals surface area contributed by atoms with Gasteiger partial charge in [0, 0.05) is 11.6 Å². The molecule has 1 aromatic heterocycles. The van der Waals surface area contributed by atoms with Crippen LogP contribution in [-0.4, -0.2) is 24.1 Å². The molecule has 2 aromatic rings. The van der Waals surface area contributed by atoms with Gasteiger partial charge in [-0.3, -0.25) is 9.48 Å². The van der Waals surface area contributed by atoms with E-state index in [0.717, 1.165) is 18.5 Å². The summed E-state index contributed by atoms with van der Waals surface area (Å²) < 4.78 is 28.5. The Hall–Kier alpha value is -2.15. The summed E-state index contributed by atoms with van der Waals surface area (Å²) in [7, 11) is -3.90. The van der Waals surface area contributed by atoms with E-state index >= 15 is 0 Å². The van der Waals surface area contributed by atoms with Crippen molar-refractivity contribution in [1.82, 2.24) is 14.5 Å². The highest BCUT2D eigenvalue weighted by molar-refractivity contribution is 7.90. The van der Waals surface area contributed by atoms with E-state index in [9.17, 15) is 13.2 Å². The summed E-state index contributed by atoms with van der Waals surface area (Å²) in [5.41, 5.74) is 0.852. The fourth-order valence-electron chi connectivity index (χ4n) is 2.55. The van der Waals surface area contributed by atoms with E-state index in [2.05, 4.69) is 9.82 Å². The zero-order valence-corrected chi connectivity index (χ0v) is 14.8. The molecule has 1 aliphatic rings. The van der Waals surface area contributed by atoms with Crippen molar-refractivity contribution in [3.05, 3.63) is 47.8 Å². The second kappa shape index (κ2) is 5.73. The fraction of sp³-hybridized carbons (Fsp3) is 0.412. The third-order valence-electron chi connectivity index (χ3n) is 3.88. The van der Waals surface area contributed by atoms with Gasteiger partial charge in [-0.2, -0.15) is 5.10 Å². The Morgan fingerprint density at radius 1 is 1.21 bits per heavy atom. The lowest BCUT2D eigenvalue weighted by Crippen LogP contribution is -2.31. The predicted molar refractivity (Wildman–Crippen MR) is 90.3 cm³/mol. The van der Waals surface area contributed by atoms with Crippen LogP contribution in [0.25, 0.3) is 0 Å².